The van der Waals surface area contributed by atoms with E-state index in [2.05, 4.69) is 103 Å². The van der Waals surface area contributed by atoms with E-state index in [-0.39, 0.29) is 45.5 Å². The number of thioether (sulfide) groups is 1. The Kier molecular flexibility index (Phi) is 13.6. The van der Waals surface area contributed by atoms with E-state index >= 15 is 0 Å². The second kappa shape index (κ2) is 18.2. The molecular weight excluding hydrogens is 851 g/mol. The van der Waals surface area contributed by atoms with Gasteiger partial charge in [-0.25, -0.2) is 9.59 Å². The molecule has 2 fully saturated rings. The van der Waals surface area contributed by atoms with Crippen LogP contribution < -0.4 is 32.4 Å². The Morgan fingerprint density at radius 3 is 2.43 bits per heavy atom. The molecule has 3 unspecified atom stereocenters. The van der Waals surface area contributed by atoms with E-state index in [9.17, 15) is 22.8 Å². The highest BCUT2D eigenvalue weighted by molar-refractivity contribution is 9.09. The van der Waals surface area contributed by atoms with Gasteiger partial charge in [-0.1, -0.05) is 94.1 Å². The molecule has 1 amide bonds. The Morgan fingerprint density at radius 2 is 1.82 bits per heavy atom. The zero-order valence-electron chi connectivity index (χ0n) is 30.2. The van der Waals surface area contributed by atoms with Crippen molar-refractivity contribution in [3.05, 3.63) is 112 Å². The van der Waals surface area contributed by atoms with Gasteiger partial charge in [-0.05, 0) is 72.4 Å². The second-order valence-corrected chi connectivity index (χ2v) is 19.2. The van der Waals surface area contributed by atoms with Crippen LogP contribution in [0.3, 0.4) is 0 Å². The normalized spacial score (nSPS) is 22.7. The summed E-state index contributed by atoms with van der Waals surface area (Å²) in [6.45, 7) is 3.96. The fraction of sp³-hybridized carbons (Fsp3) is 0.359. The highest BCUT2D eigenvalue weighted by Gasteiger charge is 2.62. The maximum atomic E-state index is 13.8. The van der Waals surface area contributed by atoms with Gasteiger partial charge in [0.25, 0.3) is 13.9 Å². The zero-order chi connectivity index (χ0) is 39.9. The smallest absolute Gasteiger partial charge is 0.415 e. The first-order valence-corrected chi connectivity index (χ1v) is 22.8. The Bertz CT molecular complexity index is 2070. The topological polar surface area (TPSA) is 130 Å². The number of aromatic nitrogens is 2. The summed E-state index contributed by atoms with van der Waals surface area (Å²) in [4.78, 5) is 28.3. The molecule has 4 aromatic rings. The summed E-state index contributed by atoms with van der Waals surface area (Å²) in [5.74, 6) is 6.11. The summed E-state index contributed by atoms with van der Waals surface area (Å²) in [6.07, 6.45) is -3.16. The van der Waals surface area contributed by atoms with Crippen LogP contribution in [0.25, 0.3) is 0 Å². The predicted molar refractivity (Wildman–Crippen MR) is 219 cm³/mol. The summed E-state index contributed by atoms with van der Waals surface area (Å²) in [6, 6.07) is 26.4. The number of carbonyl (C=O) groups excluding carboxylic acids is 1. The fourth-order valence-electron chi connectivity index (χ4n) is 6.22. The average molecular weight is 891 g/mol. The van der Waals surface area contributed by atoms with E-state index < -0.39 is 26.2 Å². The van der Waals surface area contributed by atoms with Crippen molar-refractivity contribution in [1.82, 2.24) is 9.55 Å². The molecule has 3 aromatic carbocycles. The van der Waals surface area contributed by atoms with Crippen molar-refractivity contribution >= 4 is 75.6 Å². The summed E-state index contributed by atoms with van der Waals surface area (Å²) in [7, 11) is -2.40. The number of hydrogen-bond donors (Lipinski definition) is 3. The molecule has 3 heterocycles. The fourth-order valence-corrected chi connectivity index (χ4v) is 11.0. The van der Waals surface area contributed by atoms with Crippen molar-refractivity contribution in [3.8, 4) is 11.8 Å². The molecular formula is C39H40BrClF3N5O5SSi. The molecule has 10 nitrogen and oxygen atoms in total. The largest absolute Gasteiger partial charge is 0.445 e. The highest BCUT2D eigenvalue weighted by Crippen LogP contribution is 2.48. The Balaban J connectivity index is 0.000000202. The number of carbonyl (C=O) groups is 1. The Hall–Kier alpha value is -3.82. The van der Waals surface area contributed by atoms with Crippen LogP contribution in [-0.2, 0) is 19.5 Å². The molecule has 0 radical (unpaired) electrons. The lowest BCUT2D eigenvalue weighted by Gasteiger charge is -2.35. The minimum Gasteiger partial charge on any atom is -0.415 e. The third-order valence-electron chi connectivity index (χ3n) is 9.52. The van der Waals surface area contributed by atoms with Gasteiger partial charge in [0.1, 0.15) is 17.5 Å². The predicted octanol–water partition coefficient (Wildman–Crippen LogP) is 6.69. The Morgan fingerprint density at radius 1 is 1.12 bits per heavy atom. The van der Waals surface area contributed by atoms with Gasteiger partial charge in [0, 0.05) is 40.3 Å². The molecule has 56 heavy (non-hydrogen) atoms. The molecule has 0 spiro atoms. The van der Waals surface area contributed by atoms with E-state index in [1.807, 2.05) is 12.1 Å². The second-order valence-electron chi connectivity index (χ2n) is 13.4. The van der Waals surface area contributed by atoms with E-state index in [1.54, 1.807) is 28.6 Å². The number of halogens is 5. The molecule has 1 saturated heterocycles. The third kappa shape index (κ3) is 9.64. The number of benzene rings is 3. The van der Waals surface area contributed by atoms with E-state index in [0.717, 1.165) is 18.9 Å². The molecule has 7 rings (SSSR count). The monoisotopic (exact) mass is 889 g/mol. The van der Waals surface area contributed by atoms with Crippen LogP contribution in [0.1, 0.15) is 24.6 Å². The molecule has 2 aliphatic heterocycles. The molecule has 1 saturated carbocycles. The van der Waals surface area contributed by atoms with Gasteiger partial charge in [-0.2, -0.15) is 18.2 Å². The van der Waals surface area contributed by atoms with Crippen LogP contribution in [0, 0.1) is 23.7 Å². The van der Waals surface area contributed by atoms with Gasteiger partial charge in [0.15, 0.2) is 0 Å². The maximum Gasteiger partial charge on any atom is 0.445 e. The lowest BCUT2D eigenvalue weighted by molar-refractivity contribution is -0.239. The number of nitrogens with one attached hydrogen (secondary N) is 2. The number of fused-ring (bicyclic) bond motifs is 1. The first-order valence-electron chi connectivity index (χ1n) is 17.9. The molecule has 1 aliphatic carbocycles. The number of ether oxygens (including phenoxy) is 2. The maximum absolute atomic E-state index is 13.8. The molecule has 0 bridgehead atoms. The van der Waals surface area contributed by atoms with Gasteiger partial charge in [-0.3, -0.25) is 9.88 Å². The zero-order valence-corrected chi connectivity index (χ0v) is 34.4. The van der Waals surface area contributed by atoms with Gasteiger partial charge in [0.2, 0.25) is 0 Å². The first kappa shape index (κ1) is 41.8. The van der Waals surface area contributed by atoms with Crippen LogP contribution >= 0.6 is 39.3 Å². The number of amides is 1. The SMILES string of the molecule is C[Si](OC[C@H]1O[C@@H](n2ccc(NCCCN)nc2=O)CS1)(c1ccccc1)c1ccccc1.O=C1Nc2ccc(Cl)cc2C(C#CC2CC2CBr)(C(F)(F)F)O1. The quantitative estimate of drug-likeness (QED) is 0.0653. The molecule has 296 valence electrons. The van der Waals surface area contributed by atoms with Gasteiger partial charge in [0.05, 0.1) is 12.3 Å². The number of hydrogen-bond acceptors (Lipinski definition) is 9. The van der Waals surface area contributed by atoms with E-state index in [1.165, 1.54) is 22.5 Å². The minimum atomic E-state index is -4.89. The number of nitrogens with zero attached hydrogens (tertiary/aromatic N) is 2. The van der Waals surface area contributed by atoms with Crippen LogP contribution in [-0.4, -0.2) is 66.4 Å². The van der Waals surface area contributed by atoms with Crippen molar-refractivity contribution in [1.29, 1.82) is 0 Å². The van der Waals surface area contributed by atoms with Crippen molar-refractivity contribution < 1.29 is 31.9 Å². The Labute approximate surface area is 341 Å². The third-order valence-corrected chi connectivity index (χ3v) is 15.3. The summed E-state index contributed by atoms with van der Waals surface area (Å²) in [5.41, 5.74) is 1.71. The van der Waals surface area contributed by atoms with Gasteiger partial charge < -0.3 is 25.0 Å². The molecule has 17 heteroatoms. The number of anilines is 2. The summed E-state index contributed by atoms with van der Waals surface area (Å²) >= 11 is 10.8. The number of rotatable bonds is 11. The van der Waals surface area contributed by atoms with Gasteiger partial charge in [-0.15, -0.1) is 11.8 Å². The van der Waals surface area contributed by atoms with Crippen molar-refractivity contribution in [3.63, 3.8) is 0 Å². The van der Waals surface area contributed by atoms with Crippen molar-refractivity contribution in [2.75, 3.05) is 41.4 Å². The first-order chi connectivity index (χ1) is 26.9. The van der Waals surface area contributed by atoms with Crippen LogP contribution in [0.2, 0.25) is 11.6 Å². The van der Waals surface area contributed by atoms with Crippen LogP contribution in [0.5, 0.6) is 0 Å². The van der Waals surface area contributed by atoms with Crippen LogP contribution in [0.4, 0.5) is 29.5 Å². The molecule has 3 aliphatic rings. The summed E-state index contributed by atoms with van der Waals surface area (Å²) in [5, 5.41) is 8.57. The van der Waals surface area contributed by atoms with Crippen molar-refractivity contribution in [2.45, 2.75) is 42.8 Å². The van der Waals surface area contributed by atoms with E-state index in [4.69, 9.17) is 26.5 Å². The highest BCUT2D eigenvalue weighted by atomic mass is 79.9. The van der Waals surface area contributed by atoms with Crippen molar-refractivity contribution in [2.24, 2.45) is 17.6 Å². The number of nitrogens with two attached hydrogens (primary N) is 1. The molecule has 1 aromatic heterocycles. The lowest BCUT2D eigenvalue weighted by atomic mass is 9.90. The van der Waals surface area contributed by atoms with E-state index in [0.29, 0.717) is 36.6 Å². The average Bonchev–Trinajstić information content (AvgIpc) is 3.81. The number of cyclic esters (lactones) is 1. The molecule has 4 N–H and O–H groups in total. The van der Waals surface area contributed by atoms with Gasteiger partial charge >= 0.3 is 18.0 Å². The van der Waals surface area contributed by atoms with Crippen LogP contribution in [0.15, 0.2) is 95.9 Å². The standard InChI is InChI=1S/C24H30N4O3SSi.C15H10BrClF3NO2/c1-33(19-9-4-2-5-10-19,20-11-6-3-7-12-20)30-17-23-31-22(18-32-23)28-16-13-21(27-24(28)29)26-15-8-14-25;16-7-9-5-8(9)3-4-14(15(18,19)20)11-6-10(17)1-2-12(11)21-13(22)23-14/h2-7,9-13,16,22-23H,8,14-15,17-18,25H2,1H3,(H,26,27,29);1-2,6,8-9H,5,7H2,(H,21,22)/t22-,23+;/m1./s1. The lowest BCUT2D eigenvalue weighted by Crippen LogP contribution is -2.59. The summed E-state index contributed by atoms with van der Waals surface area (Å²) < 4.78 is 60.3. The number of alkyl halides is 4. The minimum absolute atomic E-state index is 0.00915. The molecule has 5 atom stereocenters.